The number of benzene rings is 8. The van der Waals surface area contributed by atoms with Crippen LogP contribution in [0.25, 0.3) is 105 Å². The van der Waals surface area contributed by atoms with E-state index in [1.54, 1.807) is 0 Å². The average molecular weight is 689 g/mol. The number of hydrogen-bond donors (Lipinski definition) is 0. The number of para-hydroxylation sites is 2. The molecule has 0 radical (unpaired) electrons. The van der Waals surface area contributed by atoms with Crippen molar-refractivity contribution in [1.82, 2.24) is 9.55 Å². The van der Waals surface area contributed by atoms with Crippen molar-refractivity contribution in [2.24, 2.45) is 0 Å². The van der Waals surface area contributed by atoms with Crippen LogP contribution >= 0.6 is 0 Å². The van der Waals surface area contributed by atoms with Crippen LogP contribution in [0.15, 0.2) is 199 Å². The van der Waals surface area contributed by atoms with Gasteiger partial charge in [0.05, 0.1) is 33.5 Å². The van der Waals surface area contributed by atoms with Crippen LogP contribution in [0, 0.1) is 0 Å². The fraction of sp³-hybridized carbons (Fsp3) is 0. The first-order valence-corrected chi connectivity index (χ1v) is 18.4. The summed E-state index contributed by atoms with van der Waals surface area (Å²) in [4.78, 5) is 5.10. The number of hydrogen-bond acceptors (Lipinski definition) is 2. The van der Waals surface area contributed by atoms with Crippen LogP contribution in [0.5, 0.6) is 0 Å². The highest BCUT2D eigenvalue weighted by Crippen LogP contribution is 2.44. The lowest BCUT2D eigenvalue weighted by Crippen LogP contribution is -1.94. The maximum absolute atomic E-state index is 6.77. The zero-order valence-corrected chi connectivity index (χ0v) is 29.3. The number of fused-ring (bicyclic) bond motifs is 8. The van der Waals surface area contributed by atoms with E-state index in [0.717, 1.165) is 77.6 Å². The molecule has 3 heterocycles. The normalized spacial score (nSPS) is 11.7. The maximum Gasteiger partial charge on any atom is 0.143 e. The number of nitrogens with zero attached hydrogens (tertiary/aromatic N) is 2. The fourth-order valence-corrected chi connectivity index (χ4v) is 8.29. The van der Waals surface area contributed by atoms with Gasteiger partial charge in [-0.3, -0.25) is 0 Å². The molecule has 0 atom stereocenters. The summed E-state index contributed by atoms with van der Waals surface area (Å²) in [5.74, 6) is 0. The number of furan rings is 1. The second kappa shape index (κ2) is 12.2. The minimum atomic E-state index is 0.878. The number of rotatable bonds is 5. The van der Waals surface area contributed by atoms with E-state index < -0.39 is 0 Å². The second-order valence-corrected chi connectivity index (χ2v) is 13.9. The predicted octanol–water partition coefficient (Wildman–Crippen LogP) is 13.9. The molecule has 3 aromatic heterocycles. The third-order valence-electron chi connectivity index (χ3n) is 10.8. The molecule has 0 fully saturated rings. The lowest BCUT2D eigenvalue weighted by atomic mass is 9.93. The molecule has 54 heavy (non-hydrogen) atoms. The minimum Gasteiger partial charge on any atom is -0.455 e. The van der Waals surface area contributed by atoms with Crippen molar-refractivity contribution in [3.05, 3.63) is 194 Å². The van der Waals surface area contributed by atoms with Gasteiger partial charge in [-0.05, 0) is 70.1 Å². The van der Waals surface area contributed by atoms with Gasteiger partial charge in [-0.25, -0.2) is 4.98 Å². The minimum absolute atomic E-state index is 0.878. The first kappa shape index (κ1) is 30.4. The van der Waals surface area contributed by atoms with E-state index in [9.17, 15) is 0 Å². The van der Waals surface area contributed by atoms with Crippen LogP contribution in [0.2, 0.25) is 0 Å². The Balaban J connectivity index is 1.10. The van der Waals surface area contributed by atoms with Crippen molar-refractivity contribution in [2.75, 3.05) is 0 Å². The molecule has 0 aliphatic carbocycles. The maximum atomic E-state index is 6.77. The van der Waals surface area contributed by atoms with E-state index >= 15 is 0 Å². The van der Waals surface area contributed by atoms with Crippen molar-refractivity contribution in [2.45, 2.75) is 0 Å². The summed E-state index contributed by atoms with van der Waals surface area (Å²) in [6.07, 6.45) is 0. The molecular weight excluding hydrogens is 657 g/mol. The van der Waals surface area contributed by atoms with E-state index in [4.69, 9.17) is 9.40 Å². The Kier molecular flexibility index (Phi) is 6.86. The zero-order valence-electron chi connectivity index (χ0n) is 29.3. The molecule has 252 valence electrons. The second-order valence-electron chi connectivity index (χ2n) is 13.9. The Morgan fingerprint density at radius 1 is 0.370 bits per heavy atom. The van der Waals surface area contributed by atoms with Crippen LogP contribution in [-0.2, 0) is 0 Å². The molecule has 0 unspecified atom stereocenters. The molecule has 11 aromatic rings. The van der Waals surface area contributed by atoms with Gasteiger partial charge in [-0.2, -0.15) is 0 Å². The molecule has 11 rings (SSSR count). The third kappa shape index (κ3) is 4.79. The molecule has 8 aromatic carbocycles. The van der Waals surface area contributed by atoms with Crippen LogP contribution in [0.1, 0.15) is 0 Å². The summed E-state index contributed by atoms with van der Waals surface area (Å²) in [7, 11) is 0. The van der Waals surface area contributed by atoms with Gasteiger partial charge >= 0.3 is 0 Å². The van der Waals surface area contributed by atoms with Crippen LogP contribution in [0.4, 0.5) is 0 Å². The molecule has 0 N–H and O–H groups in total. The molecule has 0 amide bonds. The summed E-state index contributed by atoms with van der Waals surface area (Å²) in [5, 5.41) is 6.97. The lowest BCUT2D eigenvalue weighted by molar-refractivity contribution is 0.672. The first-order chi connectivity index (χ1) is 26.8. The first-order valence-electron chi connectivity index (χ1n) is 18.4. The van der Waals surface area contributed by atoms with E-state index in [2.05, 4.69) is 187 Å². The highest BCUT2D eigenvalue weighted by Gasteiger charge is 2.20. The number of pyridine rings is 1. The van der Waals surface area contributed by atoms with Crippen LogP contribution < -0.4 is 0 Å². The van der Waals surface area contributed by atoms with Crippen molar-refractivity contribution in [3.8, 4) is 50.5 Å². The van der Waals surface area contributed by atoms with Crippen molar-refractivity contribution in [1.29, 1.82) is 0 Å². The summed E-state index contributed by atoms with van der Waals surface area (Å²) in [6.45, 7) is 0. The summed E-state index contributed by atoms with van der Waals surface area (Å²) < 4.78 is 9.17. The fourth-order valence-electron chi connectivity index (χ4n) is 8.29. The summed E-state index contributed by atoms with van der Waals surface area (Å²) >= 11 is 0. The van der Waals surface area contributed by atoms with Gasteiger partial charge in [0.25, 0.3) is 0 Å². The molecule has 3 heteroatoms. The monoisotopic (exact) mass is 688 g/mol. The summed E-state index contributed by atoms with van der Waals surface area (Å²) in [5.41, 5.74) is 14.0. The molecule has 0 saturated heterocycles. The Hall–Kier alpha value is -7.23. The average Bonchev–Trinajstić information content (AvgIpc) is 3.80. The van der Waals surface area contributed by atoms with E-state index in [0.29, 0.717) is 0 Å². The third-order valence-corrected chi connectivity index (χ3v) is 10.8. The Morgan fingerprint density at radius 2 is 0.907 bits per heavy atom. The van der Waals surface area contributed by atoms with E-state index in [1.165, 1.54) is 27.4 Å². The SMILES string of the molecule is c1ccc(-c2cc(-c3ccc(-c4cc5c(oc6cccc(-n7c8ccccc8c8ccccc87)c65)c5ccccc45)cc3)cc(-c3ccccc3)n2)cc1. The largest absolute Gasteiger partial charge is 0.455 e. The summed E-state index contributed by atoms with van der Waals surface area (Å²) in [6, 6.07) is 69.0. The van der Waals surface area contributed by atoms with Crippen molar-refractivity contribution in [3.63, 3.8) is 0 Å². The molecular formula is C51H32N2O. The van der Waals surface area contributed by atoms with Crippen LogP contribution in [-0.4, -0.2) is 9.55 Å². The lowest BCUT2D eigenvalue weighted by Gasteiger charge is -2.12. The van der Waals surface area contributed by atoms with E-state index in [-0.39, 0.29) is 0 Å². The van der Waals surface area contributed by atoms with Crippen molar-refractivity contribution < 1.29 is 4.42 Å². The highest BCUT2D eigenvalue weighted by molar-refractivity contribution is 6.22. The smallest absolute Gasteiger partial charge is 0.143 e. The van der Waals surface area contributed by atoms with Gasteiger partial charge in [-0.1, -0.05) is 152 Å². The van der Waals surface area contributed by atoms with Gasteiger partial charge in [0.1, 0.15) is 11.2 Å². The highest BCUT2D eigenvalue weighted by atomic mass is 16.3. The van der Waals surface area contributed by atoms with Crippen molar-refractivity contribution >= 4 is 54.5 Å². The van der Waals surface area contributed by atoms with E-state index in [1.807, 2.05) is 12.1 Å². The van der Waals surface area contributed by atoms with Gasteiger partial charge in [0.15, 0.2) is 0 Å². The Morgan fingerprint density at radius 3 is 1.54 bits per heavy atom. The van der Waals surface area contributed by atoms with Gasteiger partial charge < -0.3 is 8.98 Å². The molecule has 0 spiro atoms. The quantitative estimate of drug-likeness (QED) is 0.180. The predicted molar refractivity (Wildman–Crippen MR) is 225 cm³/mol. The molecule has 3 nitrogen and oxygen atoms in total. The van der Waals surface area contributed by atoms with Gasteiger partial charge in [0.2, 0.25) is 0 Å². The molecule has 0 bridgehead atoms. The molecule has 0 aliphatic heterocycles. The van der Waals surface area contributed by atoms with Gasteiger partial charge in [0, 0.05) is 32.7 Å². The van der Waals surface area contributed by atoms with Crippen LogP contribution in [0.3, 0.4) is 0 Å². The zero-order chi connectivity index (χ0) is 35.6. The number of aromatic nitrogens is 2. The Labute approximate surface area is 312 Å². The molecule has 0 saturated carbocycles. The van der Waals surface area contributed by atoms with Gasteiger partial charge in [-0.15, -0.1) is 0 Å². The Bertz CT molecular complexity index is 3080. The molecule has 0 aliphatic rings. The standard InChI is InChI=1S/C51H32N2O/c1-3-14-35(15-4-1)44-30-37(31-45(52-44)36-16-5-2-6-17-36)33-26-28-34(29-27-33)42-32-43-50-48(24-13-25-49(50)54-51(43)41-21-8-7-18-38(41)42)53-46-22-11-9-19-39(46)40-20-10-12-23-47(40)53/h1-32H. The topological polar surface area (TPSA) is 31.0 Å².